The van der Waals surface area contributed by atoms with Crippen LogP contribution >= 0.6 is 0 Å². The second kappa shape index (κ2) is 5.86. The van der Waals surface area contributed by atoms with Crippen LogP contribution in [-0.2, 0) is 6.54 Å². The van der Waals surface area contributed by atoms with E-state index in [0.717, 1.165) is 11.4 Å². The summed E-state index contributed by atoms with van der Waals surface area (Å²) in [6.45, 7) is 0.584. The Kier molecular flexibility index (Phi) is 3.53. The van der Waals surface area contributed by atoms with Crippen molar-refractivity contribution in [1.82, 2.24) is 19.9 Å². The van der Waals surface area contributed by atoms with Crippen molar-refractivity contribution in [3.8, 4) is 0 Å². The van der Waals surface area contributed by atoms with Gasteiger partial charge in [-0.05, 0) is 11.5 Å². The van der Waals surface area contributed by atoms with Crippen molar-refractivity contribution < 1.29 is 0 Å². The molecule has 7 heteroatoms. The number of benzene rings is 2. The number of hydrogen-bond donors (Lipinski definition) is 2. The van der Waals surface area contributed by atoms with E-state index in [9.17, 15) is 0 Å². The predicted octanol–water partition coefficient (Wildman–Crippen LogP) is 2.37. The Labute approximate surface area is 144 Å². The second-order valence-electron chi connectivity index (χ2n) is 5.85. The molecule has 0 bridgehead atoms. The highest BCUT2D eigenvalue weighted by molar-refractivity contribution is 5.94. The molecule has 2 aromatic heterocycles. The monoisotopic (exact) mass is 331 g/mol. The fourth-order valence-corrected chi connectivity index (χ4v) is 2.93. The van der Waals surface area contributed by atoms with Gasteiger partial charge in [-0.25, -0.2) is 9.97 Å². The lowest BCUT2D eigenvalue weighted by atomic mass is 10.1. The average molecular weight is 331 g/mol. The molecule has 0 aliphatic carbocycles. The molecule has 2 heterocycles. The summed E-state index contributed by atoms with van der Waals surface area (Å²) in [5, 5.41) is 2.39. The minimum absolute atomic E-state index is 0.0972. The molecule has 0 atom stereocenters. The van der Waals surface area contributed by atoms with E-state index in [1.807, 2.05) is 19.2 Å². The van der Waals surface area contributed by atoms with E-state index in [4.69, 9.17) is 11.5 Å². The zero-order chi connectivity index (χ0) is 17.4. The maximum Gasteiger partial charge on any atom is 0.224 e. The van der Waals surface area contributed by atoms with E-state index >= 15 is 0 Å². The highest BCUT2D eigenvalue weighted by Gasteiger charge is 2.11. The van der Waals surface area contributed by atoms with Crippen molar-refractivity contribution in [2.75, 3.05) is 23.4 Å². The molecule has 2 aromatic carbocycles. The van der Waals surface area contributed by atoms with Crippen molar-refractivity contribution in [3.63, 3.8) is 0 Å². The summed E-state index contributed by atoms with van der Waals surface area (Å²) in [7, 11) is 2.02. The number of fused-ring (bicyclic) bond motifs is 2. The van der Waals surface area contributed by atoms with Gasteiger partial charge in [0, 0.05) is 18.1 Å². The van der Waals surface area contributed by atoms with Gasteiger partial charge < -0.3 is 16.4 Å². The Morgan fingerprint density at radius 2 is 1.76 bits per heavy atom. The molecule has 0 saturated carbocycles. The minimum atomic E-state index is 0.0972. The smallest absolute Gasteiger partial charge is 0.224 e. The van der Waals surface area contributed by atoms with Gasteiger partial charge in [0.15, 0.2) is 17.0 Å². The molecule has 0 unspecified atom stereocenters. The molecule has 124 valence electrons. The highest BCUT2D eigenvalue weighted by atomic mass is 15.1. The minimum Gasteiger partial charge on any atom is -0.382 e. The Morgan fingerprint density at radius 3 is 2.64 bits per heavy atom. The Hall–Kier alpha value is -3.48. The second-order valence-corrected chi connectivity index (χ2v) is 5.85. The Bertz CT molecular complexity index is 1070. The quantitative estimate of drug-likeness (QED) is 0.593. The van der Waals surface area contributed by atoms with Crippen LogP contribution in [0.25, 0.3) is 21.9 Å². The van der Waals surface area contributed by atoms with Gasteiger partial charge in [0.05, 0.1) is 18.4 Å². The summed E-state index contributed by atoms with van der Waals surface area (Å²) in [5.41, 5.74) is 14.3. The van der Waals surface area contributed by atoms with Crippen LogP contribution in [0, 0.1) is 0 Å². The predicted molar refractivity (Wildman–Crippen MR) is 100 cm³/mol. The molecule has 4 N–H and O–H groups in total. The van der Waals surface area contributed by atoms with E-state index in [1.54, 1.807) is 6.20 Å². The molecular weight excluding hydrogens is 314 g/mol. The first-order valence-corrected chi connectivity index (χ1v) is 7.85. The highest BCUT2D eigenvalue weighted by Crippen LogP contribution is 2.27. The maximum atomic E-state index is 5.90. The van der Waals surface area contributed by atoms with E-state index in [2.05, 4.69) is 55.2 Å². The SMILES string of the molecule is CN(Cc1cnc2nc(N)nc(N)c2n1)c1cccc2ccccc12. The summed E-state index contributed by atoms with van der Waals surface area (Å²) in [6, 6.07) is 14.5. The number of aromatic nitrogens is 4. The lowest BCUT2D eigenvalue weighted by molar-refractivity contribution is 0.885. The third-order valence-electron chi connectivity index (χ3n) is 4.08. The number of hydrogen-bond acceptors (Lipinski definition) is 7. The van der Waals surface area contributed by atoms with E-state index in [1.165, 1.54) is 10.8 Å². The van der Waals surface area contributed by atoms with Gasteiger partial charge in [-0.15, -0.1) is 0 Å². The van der Waals surface area contributed by atoms with Gasteiger partial charge in [0.1, 0.15) is 0 Å². The van der Waals surface area contributed by atoms with Crippen molar-refractivity contribution in [2.24, 2.45) is 0 Å². The summed E-state index contributed by atoms with van der Waals surface area (Å²) in [4.78, 5) is 19.0. The van der Waals surface area contributed by atoms with Crippen LogP contribution in [0.1, 0.15) is 5.69 Å². The normalized spacial score (nSPS) is 11.1. The van der Waals surface area contributed by atoms with E-state index in [0.29, 0.717) is 17.7 Å². The summed E-state index contributed by atoms with van der Waals surface area (Å²) in [5.74, 6) is 0.338. The van der Waals surface area contributed by atoms with Crippen molar-refractivity contribution >= 4 is 39.4 Å². The summed E-state index contributed by atoms with van der Waals surface area (Å²) >= 11 is 0. The fraction of sp³-hybridized carbons (Fsp3) is 0.111. The Balaban J connectivity index is 1.70. The maximum absolute atomic E-state index is 5.90. The number of nitrogens with two attached hydrogens (primary N) is 2. The van der Waals surface area contributed by atoms with E-state index in [-0.39, 0.29) is 11.8 Å². The van der Waals surface area contributed by atoms with E-state index < -0.39 is 0 Å². The molecule has 0 fully saturated rings. The van der Waals surface area contributed by atoms with Gasteiger partial charge >= 0.3 is 0 Å². The van der Waals surface area contributed by atoms with Gasteiger partial charge in [0.2, 0.25) is 5.95 Å². The molecule has 4 rings (SSSR count). The van der Waals surface area contributed by atoms with Crippen LogP contribution < -0.4 is 16.4 Å². The van der Waals surface area contributed by atoms with Crippen LogP contribution in [0.15, 0.2) is 48.7 Å². The van der Waals surface area contributed by atoms with Crippen LogP contribution in [-0.4, -0.2) is 27.0 Å². The van der Waals surface area contributed by atoms with Crippen LogP contribution in [0.2, 0.25) is 0 Å². The molecule has 7 nitrogen and oxygen atoms in total. The first-order chi connectivity index (χ1) is 12.1. The van der Waals surface area contributed by atoms with Gasteiger partial charge in [-0.2, -0.15) is 9.97 Å². The zero-order valence-electron chi connectivity index (χ0n) is 13.7. The van der Waals surface area contributed by atoms with Crippen LogP contribution in [0.5, 0.6) is 0 Å². The van der Waals surface area contributed by atoms with Crippen LogP contribution in [0.3, 0.4) is 0 Å². The molecule has 25 heavy (non-hydrogen) atoms. The molecule has 0 aliphatic rings. The number of nitrogens with zero attached hydrogens (tertiary/aromatic N) is 5. The molecule has 0 amide bonds. The molecule has 0 spiro atoms. The number of nitrogen functional groups attached to an aromatic ring is 2. The number of rotatable bonds is 3. The summed E-state index contributed by atoms with van der Waals surface area (Å²) < 4.78 is 0. The zero-order valence-corrected chi connectivity index (χ0v) is 13.7. The van der Waals surface area contributed by atoms with Crippen LogP contribution in [0.4, 0.5) is 17.5 Å². The lowest BCUT2D eigenvalue weighted by Crippen LogP contribution is -2.18. The first-order valence-electron chi connectivity index (χ1n) is 7.85. The van der Waals surface area contributed by atoms with Gasteiger partial charge in [-0.3, -0.25) is 0 Å². The third-order valence-corrected chi connectivity index (χ3v) is 4.08. The fourth-order valence-electron chi connectivity index (χ4n) is 2.93. The molecule has 0 aliphatic heterocycles. The largest absolute Gasteiger partial charge is 0.382 e. The Morgan fingerprint density at radius 1 is 0.960 bits per heavy atom. The topological polar surface area (TPSA) is 107 Å². The molecule has 0 radical (unpaired) electrons. The van der Waals surface area contributed by atoms with Crippen molar-refractivity contribution in [1.29, 1.82) is 0 Å². The van der Waals surface area contributed by atoms with Gasteiger partial charge in [-0.1, -0.05) is 36.4 Å². The standard InChI is InChI=1S/C18H17N7/c1-25(14-8-4-6-11-5-2-3-7-13(11)14)10-12-9-21-17-15(22-12)16(19)23-18(20)24-17/h2-9H,10H2,1H3,(H4,19,20,21,23,24). The average Bonchev–Trinajstić information content (AvgIpc) is 2.61. The van der Waals surface area contributed by atoms with Gasteiger partial charge in [0.25, 0.3) is 0 Å². The molecular formula is C18H17N7. The first kappa shape index (κ1) is 15.1. The van der Waals surface area contributed by atoms with Crippen molar-refractivity contribution in [3.05, 3.63) is 54.4 Å². The molecule has 0 saturated heterocycles. The lowest BCUT2D eigenvalue weighted by Gasteiger charge is -2.21. The van der Waals surface area contributed by atoms with Crippen molar-refractivity contribution in [2.45, 2.75) is 6.54 Å². The third kappa shape index (κ3) is 2.76. The number of anilines is 3. The molecule has 4 aromatic rings. The summed E-state index contributed by atoms with van der Waals surface area (Å²) in [6.07, 6.45) is 1.69.